The fourth-order valence-corrected chi connectivity index (χ4v) is 2.85. The van der Waals surface area contributed by atoms with E-state index < -0.39 is 6.10 Å². The number of nitrogens with one attached hydrogen (secondary N) is 1. The third kappa shape index (κ3) is 4.62. The van der Waals surface area contributed by atoms with Crippen molar-refractivity contribution in [3.05, 3.63) is 29.3 Å². The molecular weight excluding hydrogens is 300 g/mol. The highest BCUT2D eigenvalue weighted by Gasteiger charge is 2.25. The van der Waals surface area contributed by atoms with E-state index in [1.807, 2.05) is 12.1 Å². The number of hydrogen-bond acceptors (Lipinski definition) is 3. The lowest BCUT2D eigenvalue weighted by Gasteiger charge is -2.21. The molecule has 0 radical (unpaired) electrons. The number of carbonyl (C=O) groups is 1. The van der Waals surface area contributed by atoms with Crippen molar-refractivity contribution in [2.24, 2.45) is 5.92 Å². The maximum Gasteiger partial charge on any atom is 0.260 e. The summed E-state index contributed by atoms with van der Waals surface area (Å²) >= 11 is 6.04. The summed E-state index contributed by atoms with van der Waals surface area (Å²) in [5, 5.41) is 3.51. The first-order valence-electron chi connectivity index (χ1n) is 7.90. The Labute approximate surface area is 137 Å². The van der Waals surface area contributed by atoms with Crippen molar-refractivity contribution in [1.29, 1.82) is 0 Å². The molecule has 0 aromatic heterocycles. The molecule has 0 saturated carbocycles. The number of halogens is 1. The summed E-state index contributed by atoms with van der Waals surface area (Å²) in [6.07, 6.45) is 0.584. The van der Waals surface area contributed by atoms with Gasteiger partial charge >= 0.3 is 0 Å². The molecule has 0 unspecified atom stereocenters. The lowest BCUT2D eigenvalue weighted by atomic mass is 10.1. The van der Waals surface area contributed by atoms with Gasteiger partial charge in [-0.2, -0.15) is 0 Å². The Hall–Kier alpha value is -1.26. The Morgan fingerprint density at radius 1 is 1.41 bits per heavy atom. The van der Waals surface area contributed by atoms with E-state index in [1.54, 1.807) is 19.1 Å². The molecule has 1 N–H and O–H groups in total. The first-order chi connectivity index (χ1) is 10.5. The second kappa shape index (κ2) is 7.84. The van der Waals surface area contributed by atoms with Gasteiger partial charge in [0.1, 0.15) is 5.75 Å². The molecule has 2 atom stereocenters. The van der Waals surface area contributed by atoms with E-state index >= 15 is 0 Å². The van der Waals surface area contributed by atoms with Crippen LogP contribution in [0.25, 0.3) is 0 Å². The number of para-hydroxylation sites is 1. The second-order valence-corrected chi connectivity index (χ2v) is 6.59. The van der Waals surface area contributed by atoms with Crippen LogP contribution in [-0.2, 0) is 4.79 Å². The summed E-state index contributed by atoms with van der Waals surface area (Å²) in [4.78, 5) is 14.6. The summed E-state index contributed by atoms with van der Waals surface area (Å²) in [7, 11) is 0. The van der Waals surface area contributed by atoms with Crippen molar-refractivity contribution < 1.29 is 9.53 Å². The summed E-state index contributed by atoms with van der Waals surface area (Å²) in [6, 6.07) is 7.76. The lowest BCUT2D eigenvalue weighted by molar-refractivity contribution is -0.127. The van der Waals surface area contributed by atoms with Crippen LogP contribution in [-0.4, -0.2) is 42.6 Å². The molecule has 1 aliphatic heterocycles. The van der Waals surface area contributed by atoms with Gasteiger partial charge in [0.05, 0.1) is 5.02 Å². The van der Waals surface area contributed by atoms with E-state index in [4.69, 9.17) is 16.3 Å². The number of benzene rings is 1. The predicted molar refractivity (Wildman–Crippen MR) is 89.4 cm³/mol. The molecule has 0 aliphatic carbocycles. The van der Waals surface area contributed by atoms with Crippen LogP contribution in [0.15, 0.2) is 24.3 Å². The maximum atomic E-state index is 12.1. The van der Waals surface area contributed by atoms with Gasteiger partial charge in [0.2, 0.25) is 0 Å². The molecule has 1 aromatic rings. The summed E-state index contributed by atoms with van der Waals surface area (Å²) in [5.41, 5.74) is 0. The largest absolute Gasteiger partial charge is 0.479 e. The number of ether oxygens (including phenoxy) is 1. The fraction of sp³-hybridized carbons (Fsp3) is 0.588. The molecule has 0 bridgehead atoms. The zero-order valence-corrected chi connectivity index (χ0v) is 14.3. The highest BCUT2D eigenvalue weighted by atomic mass is 35.5. The van der Waals surface area contributed by atoms with Crippen LogP contribution in [0.3, 0.4) is 0 Å². The topological polar surface area (TPSA) is 41.6 Å². The highest BCUT2D eigenvalue weighted by molar-refractivity contribution is 6.32. The molecule has 1 saturated heterocycles. The summed E-state index contributed by atoms with van der Waals surface area (Å²) in [6.45, 7) is 9.04. The van der Waals surface area contributed by atoms with Crippen LogP contribution < -0.4 is 10.1 Å². The summed E-state index contributed by atoms with van der Waals surface area (Å²) in [5.74, 6) is 0.973. The van der Waals surface area contributed by atoms with Crippen molar-refractivity contribution in [2.75, 3.05) is 19.6 Å². The van der Waals surface area contributed by atoms with Gasteiger partial charge in [-0.1, -0.05) is 23.7 Å². The van der Waals surface area contributed by atoms with Gasteiger partial charge in [-0.05, 0) is 51.8 Å². The average Bonchev–Trinajstić information content (AvgIpc) is 2.96. The number of hydrogen-bond donors (Lipinski definition) is 1. The van der Waals surface area contributed by atoms with E-state index in [-0.39, 0.29) is 5.91 Å². The Kier molecular flexibility index (Phi) is 6.09. The molecule has 5 heteroatoms. The first-order valence-corrected chi connectivity index (χ1v) is 8.28. The Morgan fingerprint density at radius 2 is 2.14 bits per heavy atom. The molecule has 22 heavy (non-hydrogen) atoms. The minimum atomic E-state index is -0.553. The minimum absolute atomic E-state index is 0.0945. The smallest absolute Gasteiger partial charge is 0.260 e. The van der Waals surface area contributed by atoms with E-state index in [0.29, 0.717) is 29.3 Å². The molecule has 1 heterocycles. The van der Waals surface area contributed by atoms with Crippen LogP contribution >= 0.6 is 11.6 Å². The molecule has 1 aliphatic rings. The van der Waals surface area contributed by atoms with Gasteiger partial charge in [-0.3, -0.25) is 4.79 Å². The highest BCUT2D eigenvalue weighted by Crippen LogP contribution is 2.24. The predicted octanol–water partition coefficient (Wildman–Crippen LogP) is 2.95. The van der Waals surface area contributed by atoms with Crippen LogP contribution in [0.1, 0.15) is 27.2 Å². The van der Waals surface area contributed by atoms with Crippen molar-refractivity contribution in [1.82, 2.24) is 10.2 Å². The monoisotopic (exact) mass is 324 g/mol. The average molecular weight is 325 g/mol. The number of likely N-dealkylation sites (tertiary alicyclic amines) is 1. The van der Waals surface area contributed by atoms with Crippen molar-refractivity contribution in [3.8, 4) is 5.75 Å². The fourth-order valence-electron chi connectivity index (χ4n) is 2.67. The van der Waals surface area contributed by atoms with Gasteiger partial charge in [-0.25, -0.2) is 0 Å². The lowest BCUT2D eigenvalue weighted by Crippen LogP contribution is -2.39. The van der Waals surface area contributed by atoms with Crippen LogP contribution in [0.2, 0.25) is 5.02 Å². The molecule has 4 nitrogen and oxygen atoms in total. The number of rotatable bonds is 6. The summed E-state index contributed by atoms with van der Waals surface area (Å²) < 4.78 is 5.63. The van der Waals surface area contributed by atoms with E-state index in [2.05, 4.69) is 24.1 Å². The Balaban J connectivity index is 1.77. The van der Waals surface area contributed by atoms with E-state index in [1.165, 1.54) is 0 Å². The van der Waals surface area contributed by atoms with Crippen molar-refractivity contribution in [2.45, 2.75) is 39.3 Å². The Morgan fingerprint density at radius 3 is 2.77 bits per heavy atom. The Bertz CT molecular complexity index is 507. The molecule has 0 spiro atoms. The normalized spacial score (nSPS) is 20.1. The molecule has 2 rings (SSSR count). The standard InChI is InChI=1S/C17H25ClN2O2/c1-12(2)20-9-8-14(11-20)10-19-17(21)13(3)22-16-7-5-4-6-15(16)18/h4-7,12-14H,8-11H2,1-3H3,(H,19,21)/t13-,14-/m1/s1. The van der Waals surface area contributed by atoms with Gasteiger partial charge in [0.25, 0.3) is 5.91 Å². The molecule has 1 fully saturated rings. The van der Waals surface area contributed by atoms with Crippen molar-refractivity contribution >= 4 is 17.5 Å². The molecule has 1 amide bonds. The van der Waals surface area contributed by atoms with E-state index in [9.17, 15) is 4.79 Å². The van der Waals surface area contributed by atoms with Gasteiger partial charge in [-0.15, -0.1) is 0 Å². The molecule has 122 valence electrons. The molecular formula is C17H25ClN2O2. The third-order valence-corrected chi connectivity index (χ3v) is 4.43. The molecule has 1 aromatic carbocycles. The van der Waals surface area contributed by atoms with E-state index in [0.717, 1.165) is 19.5 Å². The third-order valence-electron chi connectivity index (χ3n) is 4.12. The number of carbonyl (C=O) groups excluding carboxylic acids is 1. The SMILES string of the molecule is CC(C)N1CC[C@H](CNC(=O)[C@@H](C)Oc2ccccc2Cl)C1. The maximum absolute atomic E-state index is 12.1. The van der Waals surface area contributed by atoms with Crippen LogP contribution in [0.4, 0.5) is 0 Å². The zero-order valence-electron chi connectivity index (χ0n) is 13.5. The van der Waals surface area contributed by atoms with Gasteiger partial charge in [0, 0.05) is 19.1 Å². The number of amides is 1. The first kappa shape index (κ1) is 17.1. The van der Waals surface area contributed by atoms with Gasteiger partial charge in [0.15, 0.2) is 6.10 Å². The second-order valence-electron chi connectivity index (χ2n) is 6.18. The quantitative estimate of drug-likeness (QED) is 0.874. The number of nitrogens with zero attached hydrogens (tertiary/aromatic N) is 1. The minimum Gasteiger partial charge on any atom is -0.479 e. The van der Waals surface area contributed by atoms with Gasteiger partial charge < -0.3 is 15.0 Å². The van der Waals surface area contributed by atoms with Crippen LogP contribution in [0.5, 0.6) is 5.75 Å². The van der Waals surface area contributed by atoms with Crippen LogP contribution in [0, 0.1) is 5.92 Å². The van der Waals surface area contributed by atoms with Crippen molar-refractivity contribution in [3.63, 3.8) is 0 Å². The zero-order chi connectivity index (χ0) is 16.1.